The van der Waals surface area contributed by atoms with Gasteiger partial charge >= 0.3 is 5.97 Å². The number of carbonyl (C=O) groups is 1. The first-order chi connectivity index (χ1) is 9.08. The minimum absolute atomic E-state index is 0.0688. The minimum Gasteiger partial charge on any atom is -0.478 e. The number of aromatic carboxylic acids is 1. The molecule has 19 heavy (non-hydrogen) atoms. The van der Waals surface area contributed by atoms with E-state index < -0.39 is 10.9 Å². The molecular weight excluding hydrogens is 254 g/mol. The number of furan rings is 1. The average molecular weight is 263 g/mol. The number of nitro groups is 1. The summed E-state index contributed by atoms with van der Waals surface area (Å²) in [5, 5.41) is 22.4. The topological polar surface area (TPSA) is 118 Å². The molecule has 0 aliphatic heterocycles. The van der Waals surface area contributed by atoms with Crippen LogP contribution < -0.4 is 5.32 Å². The van der Waals surface area contributed by atoms with Crippen molar-refractivity contribution in [3.63, 3.8) is 0 Å². The van der Waals surface area contributed by atoms with Gasteiger partial charge < -0.3 is 14.8 Å². The number of rotatable bonds is 5. The summed E-state index contributed by atoms with van der Waals surface area (Å²) in [6.07, 6.45) is 3.99. The van der Waals surface area contributed by atoms with E-state index in [2.05, 4.69) is 10.3 Å². The lowest BCUT2D eigenvalue weighted by atomic mass is 10.2. The fourth-order valence-electron chi connectivity index (χ4n) is 1.44. The van der Waals surface area contributed by atoms with Crippen LogP contribution in [0.25, 0.3) is 0 Å². The van der Waals surface area contributed by atoms with Gasteiger partial charge in [0, 0.05) is 18.2 Å². The molecule has 0 fully saturated rings. The summed E-state index contributed by atoms with van der Waals surface area (Å²) in [5.41, 5.74) is 0.181. The van der Waals surface area contributed by atoms with Crippen molar-refractivity contribution in [2.45, 2.75) is 6.54 Å². The van der Waals surface area contributed by atoms with E-state index in [0.29, 0.717) is 6.54 Å². The number of hydrogen-bond acceptors (Lipinski definition) is 6. The molecule has 2 rings (SSSR count). The first-order valence-corrected chi connectivity index (χ1v) is 5.20. The summed E-state index contributed by atoms with van der Waals surface area (Å²) in [6, 6.07) is 2.67. The van der Waals surface area contributed by atoms with Gasteiger partial charge in [-0.3, -0.25) is 10.1 Å². The lowest BCUT2D eigenvalue weighted by molar-refractivity contribution is -0.385. The largest absolute Gasteiger partial charge is 0.478 e. The number of carboxylic acids is 1. The highest BCUT2D eigenvalue weighted by Crippen LogP contribution is 2.19. The van der Waals surface area contributed by atoms with Crippen LogP contribution in [0.1, 0.15) is 15.9 Å². The Morgan fingerprint density at radius 2 is 2.37 bits per heavy atom. The van der Waals surface area contributed by atoms with E-state index in [1.165, 1.54) is 12.5 Å². The summed E-state index contributed by atoms with van der Waals surface area (Å²) >= 11 is 0. The summed E-state index contributed by atoms with van der Waals surface area (Å²) < 4.78 is 4.87. The molecule has 0 saturated heterocycles. The van der Waals surface area contributed by atoms with Crippen LogP contribution >= 0.6 is 0 Å². The molecule has 0 radical (unpaired) electrons. The van der Waals surface area contributed by atoms with E-state index in [0.717, 1.165) is 17.8 Å². The Labute approximate surface area is 106 Å². The lowest BCUT2D eigenvalue weighted by Gasteiger charge is -2.06. The molecule has 0 unspecified atom stereocenters. The second kappa shape index (κ2) is 5.17. The quantitative estimate of drug-likeness (QED) is 0.624. The summed E-state index contributed by atoms with van der Waals surface area (Å²) in [4.78, 5) is 24.7. The molecule has 8 nitrogen and oxygen atoms in total. The molecule has 0 amide bonds. The molecule has 98 valence electrons. The molecule has 0 aliphatic carbocycles. The molecule has 2 aromatic heterocycles. The average Bonchev–Trinajstić information content (AvgIpc) is 2.89. The van der Waals surface area contributed by atoms with E-state index in [4.69, 9.17) is 9.52 Å². The van der Waals surface area contributed by atoms with Crippen LogP contribution in [0.4, 0.5) is 11.5 Å². The Bertz CT molecular complexity index is 609. The Hall–Kier alpha value is -2.90. The molecule has 2 N–H and O–H groups in total. The first-order valence-electron chi connectivity index (χ1n) is 5.20. The minimum atomic E-state index is -1.29. The van der Waals surface area contributed by atoms with Crippen LogP contribution in [-0.2, 0) is 6.54 Å². The summed E-state index contributed by atoms with van der Waals surface area (Å²) in [7, 11) is 0. The van der Waals surface area contributed by atoms with E-state index in [1.807, 2.05) is 0 Å². The molecule has 0 aliphatic rings. The van der Waals surface area contributed by atoms with Gasteiger partial charge in [0.25, 0.3) is 5.69 Å². The SMILES string of the molecule is O=C(O)c1cc([N+](=O)[O-])cnc1NCc1ccoc1. The van der Waals surface area contributed by atoms with Crippen molar-refractivity contribution in [1.29, 1.82) is 0 Å². The maximum absolute atomic E-state index is 11.0. The number of pyridine rings is 1. The highest BCUT2D eigenvalue weighted by atomic mass is 16.6. The molecule has 0 saturated carbocycles. The Morgan fingerprint density at radius 3 is 2.95 bits per heavy atom. The van der Waals surface area contributed by atoms with Crippen molar-refractivity contribution in [3.8, 4) is 0 Å². The number of nitrogens with zero attached hydrogens (tertiary/aromatic N) is 2. The van der Waals surface area contributed by atoms with Gasteiger partial charge in [0.05, 0.1) is 17.4 Å². The fourth-order valence-corrected chi connectivity index (χ4v) is 1.44. The van der Waals surface area contributed by atoms with Gasteiger partial charge in [-0.2, -0.15) is 0 Å². The van der Waals surface area contributed by atoms with Crippen molar-refractivity contribution in [1.82, 2.24) is 4.98 Å². The van der Waals surface area contributed by atoms with E-state index >= 15 is 0 Å². The van der Waals surface area contributed by atoms with Crippen LogP contribution in [0.5, 0.6) is 0 Å². The Kier molecular flexibility index (Phi) is 3.42. The summed E-state index contributed by atoms with van der Waals surface area (Å²) in [5.74, 6) is -1.22. The molecule has 0 bridgehead atoms. The molecule has 2 heterocycles. The van der Waals surface area contributed by atoms with Crippen LogP contribution in [0.15, 0.2) is 35.3 Å². The molecule has 2 aromatic rings. The number of carboxylic acid groups (broad SMARTS) is 1. The van der Waals surface area contributed by atoms with Crippen molar-refractivity contribution in [3.05, 3.63) is 52.1 Å². The second-order valence-electron chi connectivity index (χ2n) is 3.64. The standard InChI is InChI=1S/C11H9N3O5/c15-11(16)9-3-8(14(17)18)5-13-10(9)12-4-7-1-2-19-6-7/h1-3,5-6H,4H2,(H,12,13)(H,15,16). The molecule has 0 aromatic carbocycles. The van der Waals surface area contributed by atoms with Gasteiger partial charge in [0.15, 0.2) is 0 Å². The Morgan fingerprint density at radius 1 is 1.58 bits per heavy atom. The highest BCUT2D eigenvalue weighted by Gasteiger charge is 2.17. The Balaban J connectivity index is 2.24. The fraction of sp³-hybridized carbons (Fsp3) is 0.0909. The molecular formula is C11H9N3O5. The van der Waals surface area contributed by atoms with Crippen LogP contribution in [0, 0.1) is 10.1 Å². The number of anilines is 1. The van der Waals surface area contributed by atoms with Crippen LogP contribution in [-0.4, -0.2) is 21.0 Å². The highest BCUT2D eigenvalue weighted by molar-refractivity contribution is 5.93. The number of hydrogen-bond donors (Lipinski definition) is 2. The van der Waals surface area contributed by atoms with Crippen molar-refractivity contribution < 1.29 is 19.2 Å². The van der Waals surface area contributed by atoms with Gasteiger partial charge in [0.2, 0.25) is 0 Å². The predicted octanol–water partition coefficient (Wildman–Crippen LogP) is 1.89. The van der Waals surface area contributed by atoms with Gasteiger partial charge in [-0.25, -0.2) is 9.78 Å². The number of aromatic nitrogens is 1. The van der Waals surface area contributed by atoms with Crippen molar-refractivity contribution in [2.24, 2.45) is 0 Å². The summed E-state index contributed by atoms with van der Waals surface area (Å²) in [6.45, 7) is 0.307. The van der Waals surface area contributed by atoms with E-state index in [-0.39, 0.29) is 17.1 Å². The van der Waals surface area contributed by atoms with E-state index in [9.17, 15) is 14.9 Å². The van der Waals surface area contributed by atoms with Crippen molar-refractivity contribution in [2.75, 3.05) is 5.32 Å². The van der Waals surface area contributed by atoms with E-state index in [1.54, 1.807) is 6.07 Å². The molecule has 0 spiro atoms. The smallest absolute Gasteiger partial charge is 0.339 e. The van der Waals surface area contributed by atoms with Gasteiger partial charge in [-0.1, -0.05) is 0 Å². The van der Waals surface area contributed by atoms with Gasteiger partial charge in [-0.05, 0) is 6.07 Å². The molecule has 8 heteroatoms. The first kappa shape index (κ1) is 12.6. The third-order valence-electron chi connectivity index (χ3n) is 2.35. The third-order valence-corrected chi connectivity index (χ3v) is 2.35. The van der Waals surface area contributed by atoms with Gasteiger partial charge in [-0.15, -0.1) is 0 Å². The normalized spacial score (nSPS) is 10.1. The van der Waals surface area contributed by atoms with Crippen molar-refractivity contribution >= 4 is 17.5 Å². The number of nitrogens with one attached hydrogen (secondary N) is 1. The van der Waals surface area contributed by atoms with Crippen LogP contribution in [0.2, 0.25) is 0 Å². The maximum atomic E-state index is 11.0. The predicted molar refractivity (Wildman–Crippen MR) is 63.9 cm³/mol. The zero-order valence-corrected chi connectivity index (χ0v) is 9.57. The lowest BCUT2D eigenvalue weighted by Crippen LogP contribution is -2.08. The van der Waals surface area contributed by atoms with Gasteiger partial charge in [0.1, 0.15) is 17.6 Å². The molecule has 0 atom stereocenters. The van der Waals surface area contributed by atoms with Crippen LogP contribution in [0.3, 0.4) is 0 Å². The third kappa shape index (κ3) is 2.86. The zero-order valence-electron chi connectivity index (χ0n) is 9.57. The zero-order chi connectivity index (χ0) is 13.8. The maximum Gasteiger partial charge on any atom is 0.339 e. The monoisotopic (exact) mass is 263 g/mol. The second-order valence-corrected chi connectivity index (χ2v) is 3.64.